The van der Waals surface area contributed by atoms with Gasteiger partial charge in [0.2, 0.25) is 0 Å². The summed E-state index contributed by atoms with van der Waals surface area (Å²) in [5, 5.41) is 3.71. The van der Waals surface area contributed by atoms with E-state index in [0.717, 1.165) is 5.69 Å². The number of nitrogen functional groups attached to an aromatic ring is 1. The molecule has 2 aromatic rings. The van der Waals surface area contributed by atoms with Crippen LogP contribution in [0.1, 0.15) is 6.92 Å². The van der Waals surface area contributed by atoms with Crippen LogP contribution in [0.25, 0.3) is 0 Å². The van der Waals surface area contributed by atoms with E-state index in [4.69, 9.17) is 22.1 Å². The first kappa shape index (κ1) is 12.6. The van der Waals surface area contributed by atoms with Gasteiger partial charge in [0, 0.05) is 5.69 Å². The average Bonchev–Trinajstić information content (AvgIpc) is 2.40. The van der Waals surface area contributed by atoms with Crippen molar-refractivity contribution in [2.75, 3.05) is 17.7 Å². The van der Waals surface area contributed by atoms with Crippen LogP contribution in [-0.2, 0) is 0 Å². The number of hydrogen-bond donors (Lipinski definition) is 2. The Morgan fingerprint density at radius 3 is 2.56 bits per heavy atom. The highest BCUT2D eigenvalue weighted by Crippen LogP contribution is 2.38. The van der Waals surface area contributed by atoms with Crippen molar-refractivity contribution in [1.82, 2.24) is 0 Å². The van der Waals surface area contributed by atoms with Gasteiger partial charge in [0.1, 0.15) is 11.4 Å². The second kappa shape index (κ2) is 5.65. The van der Waals surface area contributed by atoms with E-state index in [1.54, 1.807) is 6.07 Å². The minimum absolute atomic E-state index is 0.477. The third-order valence-electron chi connectivity index (χ3n) is 2.48. The Balaban J connectivity index is 2.38. The van der Waals surface area contributed by atoms with Crippen LogP contribution in [0.3, 0.4) is 0 Å². The van der Waals surface area contributed by atoms with Gasteiger partial charge < -0.3 is 15.8 Å². The SMILES string of the molecule is CCOc1ccc(N)c(Cl)c1Nc1ccccc1. The average molecular weight is 263 g/mol. The molecule has 0 atom stereocenters. The fraction of sp³-hybridized carbons (Fsp3) is 0.143. The maximum atomic E-state index is 6.22. The molecule has 94 valence electrons. The molecule has 0 aliphatic carbocycles. The van der Waals surface area contributed by atoms with Crippen molar-refractivity contribution in [2.24, 2.45) is 0 Å². The summed E-state index contributed by atoms with van der Waals surface area (Å²) in [4.78, 5) is 0. The van der Waals surface area contributed by atoms with Crippen LogP contribution in [0, 0.1) is 0 Å². The summed E-state index contributed by atoms with van der Waals surface area (Å²) in [7, 11) is 0. The highest BCUT2D eigenvalue weighted by Gasteiger charge is 2.11. The maximum absolute atomic E-state index is 6.22. The lowest BCUT2D eigenvalue weighted by Crippen LogP contribution is -2.00. The molecule has 0 spiro atoms. The molecule has 0 saturated heterocycles. The van der Waals surface area contributed by atoms with Gasteiger partial charge in [-0.2, -0.15) is 0 Å². The summed E-state index contributed by atoms with van der Waals surface area (Å²) in [6, 6.07) is 13.3. The van der Waals surface area contributed by atoms with E-state index in [0.29, 0.717) is 28.8 Å². The Kier molecular flexibility index (Phi) is 3.95. The minimum Gasteiger partial charge on any atom is -0.492 e. The fourth-order valence-corrected chi connectivity index (χ4v) is 1.84. The summed E-state index contributed by atoms with van der Waals surface area (Å²) in [5.41, 5.74) is 7.97. The van der Waals surface area contributed by atoms with Gasteiger partial charge in [0.15, 0.2) is 0 Å². The first-order valence-electron chi connectivity index (χ1n) is 5.75. The first-order chi connectivity index (χ1) is 8.72. The van der Waals surface area contributed by atoms with Crippen molar-refractivity contribution in [3.63, 3.8) is 0 Å². The lowest BCUT2D eigenvalue weighted by atomic mass is 10.2. The number of rotatable bonds is 4. The lowest BCUT2D eigenvalue weighted by molar-refractivity contribution is 0.342. The predicted octanol–water partition coefficient (Wildman–Crippen LogP) is 4.06. The van der Waals surface area contributed by atoms with E-state index in [1.807, 2.05) is 43.3 Å². The van der Waals surface area contributed by atoms with Crippen molar-refractivity contribution in [3.05, 3.63) is 47.5 Å². The standard InChI is InChI=1S/C14H15ClN2O/c1-2-18-12-9-8-11(16)13(15)14(12)17-10-6-4-3-5-7-10/h3-9,17H,2,16H2,1H3. The number of nitrogens with two attached hydrogens (primary N) is 1. The van der Waals surface area contributed by atoms with Gasteiger partial charge in [-0.1, -0.05) is 29.8 Å². The molecule has 2 rings (SSSR count). The van der Waals surface area contributed by atoms with E-state index in [-0.39, 0.29) is 0 Å². The van der Waals surface area contributed by atoms with Crippen molar-refractivity contribution in [3.8, 4) is 5.75 Å². The van der Waals surface area contributed by atoms with Gasteiger partial charge in [0.05, 0.1) is 17.3 Å². The third-order valence-corrected chi connectivity index (χ3v) is 2.88. The zero-order valence-corrected chi connectivity index (χ0v) is 10.9. The second-order valence-corrected chi connectivity index (χ2v) is 4.14. The van der Waals surface area contributed by atoms with Crippen LogP contribution >= 0.6 is 11.6 Å². The van der Waals surface area contributed by atoms with Crippen LogP contribution in [0.2, 0.25) is 5.02 Å². The van der Waals surface area contributed by atoms with Crippen LogP contribution < -0.4 is 15.8 Å². The van der Waals surface area contributed by atoms with Gasteiger partial charge in [-0.25, -0.2) is 0 Å². The fourth-order valence-electron chi connectivity index (χ4n) is 1.63. The molecule has 0 fully saturated rings. The Morgan fingerprint density at radius 2 is 1.89 bits per heavy atom. The topological polar surface area (TPSA) is 47.3 Å². The van der Waals surface area contributed by atoms with Crippen LogP contribution in [0.15, 0.2) is 42.5 Å². The number of ether oxygens (including phenoxy) is 1. The molecule has 0 heterocycles. The first-order valence-corrected chi connectivity index (χ1v) is 6.13. The Morgan fingerprint density at radius 1 is 1.17 bits per heavy atom. The highest BCUT2D eigenvalue weighted by atomic mass is 35.5. The monoisotopic (exact) mass is 262 g/mol. The number of benzene rings is 2. The summed E-state index contributed by atoms with van der Waals surface area (Å²) in [5.74, 6) is 0.695. The minimum atomic E-state index is 0.477. The van der Waals surface area contributed by atoms with Gasteiger partial charge in [-0.05, 0) is 31.2 Å². The number of nitrogens with one attached hydrogen (secondary N) is 1. The summed E-state index contributed by atoms with van der Waals surface area (Å²) < 4.78 is 5.54. The van der Waals surface area contributed by atoms with E-state index in [1.165, 1.54) is 0 Å². The summed E-state index contributed by atoms with van der Waals surface area (Å²) in [6.07, 6.45) is 0. The molecule has 0 aliphatic rings. The third kappa shape index (κ3) is 2.68. The molecule has 18 heavy (non-hydrogen) atoms. The predicted molar refractivity (Wildman–Crippen MR) is 76.8 cm³/mol. The molecule has 0 aromatic heterocycles. The van der Waals surface area contributed by atoms with Gasteiger partial charge in [0.25, 0.3) is 0 Å². The van der Waals surface area contributed by atoms with E-state index >= 15 is 0 Å². The van der Waals surface area contributed by atoms with E-state index in [9.17, 15) is 0 Å². The lowest BCUT2D eigenvalue weighted by Gasteiger charge is -2.15. The largest absolute Gasteiger partial charge is 0.492 e. The van der Waals surface area contributed by atoms with Crippen molar-refractivity contribution in [2.45, 2.75) is 6.92 Å². The van der Waals surface area contributed by atoms with Gasteiger partial charge in [-0.3, -0.25) is 0 Å². The molecular weight excluding hydrogens is 248 g/mol. The van der Waals surface area contributed by atoms with Gasteiger partial charge >= 0.3 is 0 Å². The van der Waals surface area contributed by atoms with Crippen molar-refractivity contribution in [1.29, 1.82) is 0 Å². The quantitative estimate of drug-likeness (QED) is 0.817. The molecule has 3 nitrogen and oxygen atoms in total. The molecule has 3 N–H and O–H groups in total. The van der Waals surface area contributed by atoms with Gasteiger partial charge in [-0.15, -0.1) is 0 Å². The smallest absolute Gasteiger partial charge is 0.144 e. The zero-order valence-electron chi connectivity index (χ0n) is 10.1. The van der Waals surface area contributed by atoms with Crippen LogP contribution in [-0.4, -0.2) is 6.61 Å². The number of para-hydroxylation sites is 1. The van der Waals surface area contributed by atoms with E-state index < -0.39 is 0 Å². The Bertz CT molecular complexity index is 529. The van der Waals surface area contributed by atoms with Crippen LogP contribution in [0.4, 0.5) is 17.1 Å². The molecule has 0 bridgehead atoms. The number of anilines is 3. The van der Waals surface area contributed by atoms with Crippen molar-refractivity contribution >= 4 is 28.7 Å². The zero-order chi connectivity index (χ0) is 13.0. The molecule has 0 saturated carbocycles. The molecule has 4 heteroatoms. The molecule has 0 amide bonds. The summed E-state index contributed by atoms with van der Waals surface area (Å²) in [6.45, 7) is 2.50. The second-order valence-electron chi connectivity index (χ2n) is 3.77. The molecule has 0 radical (unpaired) electrons. The Labute approximate surface area is 112 Å². The highest BCUT2D eigenvalue weighted by molar-refractivity contribution is 6.36. The maximum Gasteiger partial charge on any atom is 0.144 e. The summed E-state index contributed by atoms with van der Waals surface area (Å²) >= 11 is 6.22. The molecule has 2 aromatic carbocycles. The normalized spacial score (nSPS) is 10.1. The Hall–Kier alpha value is -1.87. The number of hydrogen-bond acceptors (Lipinski definition) is 3. The van der Waals surface area contributed by atoms with E-state index in [2.05, 4.69) is 5.32 Å². The molecule has 0 aliphatic heterocycles. The van der Waals surface area contributed by atoms with Crippen molar-refractivity contribution < 1.29 is 4.74 Å². The number of halogens is 1. The molecular formula is C14H15ClN2O. The van der Waals surface area contributed by atoms with Crippen LogP contribution in [0.5, 0.6) is 5.75 Å². The molecule has 0 unspecified atom stereocenters.